The molecule has 1 saturated heterocycles. The molecule has 0 saturated carbocycles. The number of hydrogen-bond donors (Lipinski definition) is 3. The first kappa shape index (κ1) is 14.0. The molecule has 2 unspecified atom stereocenters. The molecule has 18 heavy (non-hydrogen) atoms. The van der Waals surface area contributed by atoms with Crippen LogP contribution in [0.1, 0.15) is 24.5 Å². The first-order chi connectivity index (χ1) is 8.75. The lowest BCUT2D eigenvalue weighted by atomic mass is 10.2. The normalized spacial score (nSPS) is 20.1. The molecule has 102 valence electrons. The first-order valence-electron chi connectivity index (χ1n) is 6.57. The van der Waals surface area contributed by atoms with Gasteiger partial charge >= 0.3 is 0 Å². The minimum Gasteiger partial charge on any atom is -0.390 e. The Morgan fingerprint density at radius 3 is 2.72 bits per heavy atom. The van der Waals surface area contributed by atoms with E-state index in [2.05, 4.69) is 10.2 Å². The molecule has 2 rings (SSSR count). The van der Waals surface area contributed by atoms with Crippen LogP contribution < -0.4 is 5.32 Å². The molecule has 2 heterocycles. The van der Waals surface area contributed by atoms with Crippen molar-refractivity contribution in [3.63, 3.8) is 0 Å². The number of aliphatic hydroxyl groups excluding tert-OH is 2. The van der Waals surface area contributed by atoms with Gasteiger partial charge in [0.2, 0.25) is 0 Å². The Balaban J connectivity index is 1.59. The molecule has 0 spiro atoms. The molecule has 0 radical (unpaired) electrons. The fourth-order valence-electron chi connectivity index (χ4n) is 2.30. The molecule has 4 nitrogen and oxygen atoms in total. The van der Waals surface area contributed by atoms with Crippen LogP contribution in [0.15, 0.2) is 16.8 Å². The van der Waals surface area contributed by atoms with Crippen LogP contribution in [0.3, 0.4) is 0 Å². The number of aliphatic hydroxyl groups is 2. The maximum Gasteiger partial charge on any atom is 0.0922 e. The molecule has 0 bridgehead atoms. The third-order valence-corrected chi connectivity index (χ3v) is 4.01. The Kier molecular flexibility index (Phi) is 5.59. The van der Waals surface area contributed by atoms with E-state index in [0.29, 0.717) is 13.1 Å². The van der Waals surface area contributed by atoms with Crippen molar-refractivity contribution in [3.05, 3.63) is 22.4 Å². The molecule has 0 aliphatic carbocycles. The average Bonchev–Trinajstić information content (AvgIpc) is 3.00. The Bertz CT molecular complexity index is 326. The van der Waals surface area contributed by atoms with Crippen molar-refractivity contribution in [2.24, 2.45) is 0 Å². The lowest BCUT2D eigenvalue weighted by Crippen LogP contribution is -2.38. The molecule has 1 aromatic heterocycles. The number of thiophene rings is 1. The predicted octanol–water partition coefficient (Wildman–Crippen LogP) is 0.828. The van der Waals surface area contributed by atoms with Crippen molar-refractivity contribution in [2.45, 2.75) is 25.0 Å². The highest BCUT2D eigenvalue weighted by Gasteiger charge is 2.15. The topological polar surface area (TPSA) is 55.7 Å². The van der Waals surface area contributed by atoms with Crippen molar-refractivity contribution in [3.8, 4) is 0 Å². The number of rotatable bonds is 7. The molecular formula is C13H22N2O2S. The highest BCUT2D eigenvalue weighted by Crippen LogP contribution is 2.15. The van der Waals surface area contributed by atoms with Crippen molar-refractivity contribution >= 4 is 11.3 Å². The third-order valence-electron chi connectivity index (χ3n) is 3.31. The summed E-state index contributed by atoms with van der Waals surface area (Å²) in [5.74, 6) is 0. The van der Waals surface area contributed by atoms with Gasteiger partial charge in [0.25, 0.3) is 0 Å². The number of nitrogens with zero attached hydrogens (tertiary/aromatic N) is 1. The molecule has 1 aliphatic rings. The van der Waals surface area contributed by atoms with Crippen molar-refractivity contribution < 1.29 is 10.2 Å². The van der Waals surface area contributed by atoms with E-state index in [1.807, 2.05) is 16.8 Å². The van der Waals surface area contributed by atoms with Crippen molar-refractivity contribution in [1.82, 2.24) is 10.2 Å². The van der Waals surface area contributed by atoms with Gasteiger partial charge in [0.05, 0.1) is 12.2 Å². The van der Waals surface area contributed by atoms with Crippen LogP contribution in [-0.4, -0.2) is 53.9 Å². The Labute approximate surface area is 112 Å². The average molecular weight is 270 g/mol. The third kappa shape index (κ3) is 4.33. The van der Waals surface area contributed by atoms with Gasteiger partial charge in [-0.1, -0.05) is 0 Å². The summed E-state index contributed by atoms with van der Waals surface area (Å²) in [7, 11) is 0. The Morgan fingerprint density at radius 2 is 2.06 bits per heavy atom. The summed E-state index contributed by atoms with van der Waals surface area (Å²) in [5.41, 5.74) is 0.946. The molecule has 2 atom stereocenters. The van der Waals surface area contributed by atoms with Crippen LogP contribution in [-0.2, 0) is 0 Å². The largest absolute Gasteiger partial charge is 0.390 e. The maximum absolute atomic E-state index is 9.87. The fraction of sp³-hybridized carbons (Fsp3) is 0.692. The number of nitrogens with one attached hydrogen (secondary N) is 1. The minimum absolute atomic E-state index is 0.349. The fourth-order valence-corrected chi connectivity index (χ4v) is 3.00. The van der Waals surface area contributed by atoms with Crippen LogP contribution in [0.4, 0.5) is 0 Å². The maximum atomic E-state index is 9.87. The summed E-state index contributed by atoms with van der Waals surface area (Å²) in [5, 5.41) is 26.8. The van der Waals surface area contributed by atoms with E-state index in [-0.39, 0.29) is 6.10 Å². The standard InChI is InChI=1S/C13H22N2O2S/c16-12(9-15-4-1-2-5-15)7-14-8-13(17)11-3-6-18-10-11/h3,6,10,12-14,16-17H,1-2,4-5,7-9H2. The molecule has 1 fully saturated rings. The van der Waals surface area contributed by atoms with Crippen LogP contribution in [0.25, 0.3) is 0 Å². The van der Waals surface area contributed by atoms with E-state index < -0.39 is 6.10 Å². The Morgan fingerprint density at radius 1 is 1.28 bits per heavy atom. The number of β-amino-alcohol motifs (C(OH)–C–C–N with tert-alkyl or cyclic N) is 1. The van der Waals surface area contributed by atoms with E-state index in [1.54, 1.807) is 11.3 Å². The molecule has 5 heteroatoms. The second kappa shape index (κ2) is 7.21. The minimum atomic E-state index is -0.477. The zero-order chi connectivity index (χ0) is 12.8. The second-order valence-corrected chi connectivity index (χ2v) is 5.67. The molecule has 1 aromatic rings. The van der Waals surface area contributed by atoms with Gasteiger partial charge in [-0.25, -0.2) is 0 Å². The quantitative estimate of drug-likeness (QED) is 0.687. The van der Waals surface area contributed by atoms with Crippen LogP contribution in [0, 0.1) is 0 Å². The molecule has 0 amide bonds. The Hall–Kier alpha value is -0.460. The van der Waals surface area contributed by atoms with Gasteiger partial charge in [-0.3, -0.25) is 0 Å². The van der Waals surface area contributed by atoms with Gasteiger partial charge in [0, 0.05) is 19.6 Å². The van der Waals surface area contributed by atoms with E-state index in [0.717, 1.165) is 25.2 Å². The number of likely N-dealkylation sites (tertiary alicyclic amines) is 1. The lowest BCUT2D eigenvalue weighted by Gasteiger charge is -2.20. The van der Waals surface area contributed by atoms with E-state index in [4.69, 9.17) is 0 Å². The summed E-state index contributed by atoms with van der Waals surface area (Å²) in [6, 6.07) is 1.93. The summed E-state index contributed by atoms with van der Waals surface area (Å²) in [6.07, 6.45) is 1.67. The van der Waals surface area contributed by atoms with Gasteiger partial charge in [0.1, 0.15) is 0 Å². The van der Waals surface area contributed by atoms with Crippen molar-refractivity contribution in [1.29, 1.82) is 0 Å². The molecule has 1 aliphatic heterocycles. The second-order valence-electron chi connectivity index (χ2n) is 4.89. The summed E-state index contributed by atoms with van der Waals surface area (Å²) >= 11 is 1.59. The van der Waals surface area contributed by atoms with Crippen molar-refractivity contribution in [2.75, 3.05) is 32.7 Å². The van der Waals surface area contributed by atoms with Gasteiger partial charge in [0.15, 0.2) is 0 Å². The monoisotopic (exact) mass is 270 g/mol. The molecule has 3 N–H and O–H groups in total. The van der Waals surface area contributed by atoms with Gasteiger partial charge < -0.3 is 20.4 Å². The molecule has 0 aromatic carbocycles. The highest BCUT2D eigenvalue weighted by atomic mass is 32.1. The van der Waals surface area contributed by atoms with Crippen LogP contribution >= 0.6 is 11.3 Å². The first-order valence-corrected chi connectivity index (χ1v) is 7.51. The summed E-state index contributed by atoms with van der Waals surface area (Å²) < 4.78 is 0. The zero-order valence-electron chi connectivity index (χ0n) is 10.6. The zero-order valence-corrected chi connectivity index (χ0v) is 11.4. The lowest BCUT2D eigenvalue weighted by molar-refractivity contribution is 0.114. The predicted molar refractivity (Wildman–Crippen MR) is 73.8 cm³/mol. The van der Waals surface area contributed by atoms with Gasteiger partial charge in [-0.2, -0.15) is 11.3 Å². The summed E-state index contributed by atoms with van der Waals surface area (Å²) in [6.45, 7) is 3.98. The SMILES string of the molecule is OC(CNCC(O)c1ccsc1)CN1CCCC1. The smallest absolute Gasteiger partial charge is 0.0922 e. The van der Waals surface area contributed by atoms with E-state index >= 15 is 0 Å². The summed E-state index contributed by atoms with van der Waals surface area (Å²) in [4.78, 5) is 2.29. The number of hydrogen-bond acceptors (Lipinski definition) is 5. The van der Waals surface area contributed by atoms with E-state index in [9.17, 15) is 10.2 Å². The van der Waals surface area contributed by atoms with Crippen LogP contribution in [0.5, 0.6) is 0 Å². The van der Waals surface area contributed by atoms with Gasteiger partial charge in [-0.15, -0.1) is 0 Å². The van der Waals surface area contributed by atoms with Crippen LogP contribution in [0.2, 0.25) is 0 Å². The van der Waals surface area contributed by atoms with E-state index in [1.165, 1.54) is 12.8 Å². The highest BCUT2D eigenvalue weighted by molar-refractivity contribution is 7.07. The van der Waals surface area contributed by atoms with Gasteiger partial charge in [-0.05, 0) is 48.3 Å². The molecular weight excluding hydrogens is 248 g/mol.